The standard InChI is InChI=1S/C13H20N2O2S2/c1-5-10(3)15(4)19(16,17)11-6-7-12(13(14)18)9(2)8-11/h6-8,10H,5H2,1-4H3,(H2,14,18). The van der Waals surface area contributed by atoms with E-state index in [1.54, 1.807) is 32.2 Å². The summed E-state index contributed by atoms with van der Waals surface area (Å²) in [6, 6.07) is 4.79. The molecule has 0 aromatic heterocycles. The van der Waals surface area contributed by atoms with Gasteiger partial charge < -0.3 is 5.73 Å². The highest BCUT2D eigenvalue weighted by molar-refractivity contribution is 7.89. The Labute approximate surface area is 120 Å². The fourth-order valence-electron chi connectivity index (χ4n) is 1.73. The molecule has 2 N–H and O–H groups in total. The van der Waals surface area contributed by atoms with E-state index in [-0.39, 0.29) is 15.9 Å². The van der Waals surface area contributed by atoms with Crippen molar-refractivity contribution in [2.45, 2.75) is 38.1 Å². The third kappa shape index (κ3) is 3.32. The number of aryl methyl sites for hydroxylation is 1. The second kappa shape index (κ2) is 5.98. The number of hydrogen-bond donors (Lipinski definition) is 1. The molecule has 4 nitrogen and oxygen atoms in total. The van der Waals surface area contributed by atoms with Crippen LogP contribution < -0.4 is 5.73 Å². The van der Waals surface area contributed by atoms with Gasteiger partial charge in [0, 0.05) is 18.7 Å². The van der Waals surface area contributed by atoms with E-state index in [9.17, 15) is 8.42 Å². The minimum Gasteiger partial charge on any atom is -0.389 e. The minimum atomic E-state index is -3.47. The Morgan fingerprint density at radius 2 is 2.05 bits per heavy atom. The summed E-state index contributed by atoms with van der Waals surface area (Å²) in [5, 5.41) is 0. The lowest BCUT2D eigenvalue weighted by Crippen LogP contribution is -2.34. The molecule has 0 bridgehead atoms. The summed E-state index contributed by atoms with van der Waals surface area (Å²) in [6.07, 6.45) is 0.764. The summed E-state index contributed by atoms with van der Waals surface area (Å²) >= 11 is 4.92. The number of nitrogens with two attached hydrogens (primary N) is 1. The average molecular weight is 300 g/mol. The van der Waals surface area contributed by atoms with Crippen LogP contribution >= 0.6 is 12.2 Å². The van der Waals surface area contributed by atoms with Gasteiger partial charge in [0.05, 0.1) is 4.90 Å². The molecule has 1 rings (SSSR count). The summed E-state index contributed by atoms with van der Waals surface area (Å²) < 4.78 is 26.2. The molecule has 0 spiro atoms. The molecule has 0 heterocycles. The van der Waals surface area contributed by atoms with Crippen LogP contribution in [0.15, 0.2) is 23.1 Å². The van der Waals surface area contributed by atoms with E-state index in [0.717, 1.165) is 12.0 Å². The van der Waals surface area contributed by atoms with E-state index in [2.05, 4.69) is 0 Å². The van der Waals surface area contributed by atoms with Crippen molar-refractivity contribution in [3.63, 3.8) is 0 Å². The largest absolute Gasteiger partial charge is 0.389 e. The minimum absolute atomic E-state index is 0.0411. The monoisotopic (exact) mass is 300 g/mol. The van der Waals surface area contributed by atoms with Crippen molar-refractivity contribution < 1.29 is 8.42 Å². The molecule has 1 aromatic rings. The highest BCUT2D eigenvalue weighted by Gasteiger charge is 2.24. The van der Waals surface area contributed by atoms with Gasteiger partial charge >= 0.3 is 0 Å². The van der Waals surface area contributed by atoms with Crippen LogP contribution in [0.3, 0.4) is 0 Å². The normalized spacial score (nSPS) is 13.5. The van der Waals surface area contributed by atoms with Crippen LogP contribution in [0.2, 0.25) is 0 Å². The van der Waals surface area contributed by atoms with Crippen molar-refractivity contribution in [3.05, 3.63) is 29.3 Å². The number of sulfonamides is 1. The quantitative estimate of drug-likeness (QED) is 0.845. The topological polar surface area (TPSA) is 63.4 Å². The van der Waals surface area contributed by atoms with Crippen molar-refractivity contribution in [2.75, 3.05) is 7.05 Å². The molecule has 6 heteroatoms. The molecule has 0 aliphatic heterocycles. The van der Waals surface area contributed by atoms with E-state index >= 15 is 0 Å². The predicted octanol–water partition coefficient (Wildman–Crippen LogP) is 2.05. The van der Waals surface area contributed by atoms with Crippen LogP contribution in [0.4, 0.5) is 0 Å². The van der Waals surface area contributed by atoms with Gasteiger partial charge in [-0.3, -0.25) is 0 Å². The molecule has 1 aromatic carbocycles. The van der Waals surface area contributed by atoms with Crippen LogP contribution in [0.25, 0.3) is 0 Å². The number of benzene rings is 1. The van der Waals surface area contributed by atoms with Gasteiger partial charge in [-0.05, 0) is 38.0 Å². The fraction of sp³-hybridized carbons (Fsp3) is 0.462. The number of rotatable bonds is 5. The van der Waals surface area contributed by atoms with Crippen molar-refractivity contribution in [1.82, 2.24) is 4.31 Å². The van der Waals surface area contributed by atoms with E-state index in [0.29, 0.717) is 5.56 Å². The molecule has 1 unspecified atom stereocenters. The molecule has 0 amide bonds. The Hall–Kier alpha value is -0.980. The number of nitrogens with zero attached hydrogens (tertiary/aromatic N) is 1. The molecular formula is C13H20N2O2S2. The first-order valence-electron chi connectivity index (χ1n) is 6.10. The van der Waals surface area contributed by atoms with E-state index in [1.807, 2.05) is 13.8 Å². The van der Waals surface area contributed by atoms with Crippen LogP contribution in [-0.4, -0.2) is 30.8 Å². The Balaban J connectivity index is 3.24. The van der Waals surface area contributed by atoms with Gasteiger partial charge in [-0.1, -0.05) is 25.2 Å². The van der Waals surface area contributed by atoms with Gasteiger partial charge in [-0.15, -0.1) is 0 Å². The Kier molecular flexibility index (Phi) is 5.06. The zero-order valence-electron chi connectivity index (χ0n) is 11.7. The Morgan fingerprint density at radius 1 is 1.47 bits per heavy atom. The number of hydrogen-bond acceptors (Lipinski definition) is 3. The van der Waals surface area contributed by atoms with Crippen LogP contribution in [0, 0.1) is 6.92 Å². The predicted molar refractivity (Wildman–Crippen MR) is 81.8 cm³/mol. The lowest BCUT2D eigenvalue weighted by molar-refractivity contribution is 0.380. The lowest BCUT2D eigenvalue weighted by Gasteiger charge is -2.23. The van der Waals surface area contributed by atoms with Gasteiger partial charge in [0.2, 0.25) is 10.0 Å². The lowest BCUT2D eigenvalue weighted by atomic mass is 10.1. The van der Waals surface area contributed by atoms with Gasteiger partial charge in [0.25, 0.3) is 0 Å². The summed E-state index contributed by atoms with van der Waals surface area (Å²) in [4.78, 5) is 0.546. The number of thiocarbonyl (C=S) groups is 1. The van der Waals surface area contributed by atoms with Gasteiger partial charge in [-0.2, -0.15) is 4.31 Å². The highest BCUT2D eigenvalue weighted by Crippen LogP contribution is 2.20. The maximum absolute atomic E-state index is 12.4. The van der Waals surface area contributed by atoms with Crippen LogP contribution in [0.5, 0.6) is 0 Å². The first-order chi connectivity index (χ1) is 8.71. The van der Waals surface area contributed by atoms with Crippen molar-refractivity contribution in [3.8, 4) is 0 Å². The third-order valence-electron chi connectivity index (χ3n) is 3.35. The molecule has 1 atom stereocenters. The fourth-order valence-corrected chi connectivity index (χ4v) is 3.48. The molecule has 0 radical (unpaired) electrons. The van der Waals surface area contributed by atoms with E-state index < -0.39 is 10.0 Å². The third-order valence-corrected chi connectivity index (χ3v) is 5.54. The van der Waals surface area contributed by atoms with E-state index in [1.165, 1.54) is 4.31 Å². The second-order valence-corrected chi connectivity index (χ2v) is 7.06. The molecule has 106 valence electrons. The first-order valence-corrected chi connectivity index (χ1v) is 7.95. The maximum Gasteiger partial charge on any atom is 0.243 e. The molecule has 0 fully saturated rings. The van der Waals surface area contributed by atoms with Gasteiger partial charge in [-0.25, -0.2) is 8.42 Å². The first kappa shape index (κ1) is 16.1. The van der Waals surface area contributed by atoms with Crippen molar-refractivity contribution in [2.24, 2.45) is 5.73 Å². The molecule has 0 saturated carbocycles. The van der Waals surface area contributed by atoms with Crippen LogP contribution in [0.1, 0.15) is 31.4 Å². The second-order valence-electron chi connectivity index (χ2n) is 4.62. The zero-order chi connectivity index (χ0) is 14.8. The van der Waals surface area contributed by atoms with Gasteiger partial charge in [0.15, 0.2) is 0 Å². The zero-order valence-corrected chi connectivity index (χ0v) is 13.3. The molecular weight excluding hydrogens is 280 g/mol. The summed E-state index contributed by atoms with van der Waals surface area (Å²) in [7, 11) is -1.87. The van der Waals surface area contributed by atoms with Gasteiger partial charge in [0.1, 0.15) is 4.99 Å². The SMILES string of the molecule is CCC(C)N(C)S(=O)(=O)c1ccc(C(N)=S)c(C)c1. The Bertz CT molecular complexity index is 582. The smallest absolute Gasteiger partial charge is 0.243 e. The van der Waals surface area contributed by atoms with Crippen LogP contribution in [-0.2, 0) is 10.0 Å². The molecule has 19 heavy (non-hydrogen) atoms. The molecule has 0 aliphatic rings. The molecule has 0 saturated heterocycles. The Morgan fingerprint density at radius 3 is 2.47 bits per heavy atom. The maximum atomic E-state index is 12.4. The van der Waals surface area contributed by atoms with Crippen molar-refractivity contribution in [1.29, 1.82) is 0 Å². The highest BCUT2D eigenvalue weighted by atomic mass is 32.2. The summed E-state index contributed by atoms with van der Waals surface area (Å²) in [6.45, 7) is 5.64. The summed E-state index contributed by atoms with van der Waals surface area (Å²) in [5.74, 6) is 0. The molecule has 0 aliphatic carbocycles. The van der Waals surface area contributed by atoms with Crippen molar-refractivity contribution >= 4 is 27.2 Å². The summed E-state index contributed by atoms with van der Waals surface area (Å²) in [5.41, 5.74) is 7.05. The average Bonchev–Trinajstić information content (AvgIpc) is 2.36. The van der Waals surface area contributed by atoms with E-state index in [4.69, 9.17) is 18.0 Å².